The first kappa shape index (κ1) is 33.6. The Hall–Kier alpha value is -4.29. The second kappa shape index (κ2) is 15.3. The van der Waals surface area contributed by atoms with Crippen molar-refractivity contribution in [1.82, 2.24) is 19.8 Å². The fourth-order valence-electron chi connectivity index (χ4n) is 5.97. The Balaban J connectivity index is 1.34. The standard InChI is InChI=1S/C36H37ClFN5O4S/c1-3-42-14-16-43(17-15-42)18-19-47-30-13-10-25(20-27(30)37)31-32-34(41-28(36(44)45)21-24-6-4-5-7-29(24)46-2)39-22-40-35(32)48-33(31)23-8-11-26(38)12-9-23/h4-13,20,22,28H,3,14-19,21H2,1-2H3,(H,44,45)(H,39,40,41)/t28-/m1/s1. The highest BCUT2D eigenvalue weighted by atomic mass is 35.5. The number of likely N-dealkylation sites (N-methyl/N-ethyl adjacent to an activating group) is 1. The third-order valence-corrected chi connectivity index (χ3v) is 10.1. The van der Waals surface area contributed by atoms with Crippen LogP contribution < -0.4 is 14.8 Å². The number of fused-ring (bicyclic) bond motifs is 1. The Kier molecular flexibility index (Phi) is 10.7. The molecule has 0 unspecified atom stereocenters. The van der Waals surface area contributed by atoms with Crippen LogP contribution in [0.25, 0.3) is 31.8 Å². The number of benzene rings is 3. The lowest BCUT2D eigenvalue weighted by atomic mass is 9.99. The summed E-state index contributed by atoms with van der Waals surface area (Å²) in [5.74, 6) is 0.152. The summed E-state index contributed by atoms with van der Waals surface area (Å²) in [6.07, 6.45) is 1.56. The summed E-state index contributed by atoms with van der Waals surface area (Å²) in [5.41, 5.74) is 3.05. The number of rotatable bonds is 13. The molecule has 9 nitrogen and oxygen atoms in total. The average molecular weight is 690 g/mol. The fourth-order valence-corrected chi connectivity index (χ4v) is 7.37. The number of methoxy groups -OCH3 is 1. The molecule has 0 spiro atoms. The first-order valence-corrected chi connectivity index (χ1v) is 17.1. The van der Waals surface area contributed by atoms with Crippen molar-refractivity contribution >= 4 is 44.9 Å². The summed E-state index contributed by atoms with van der Waals surface area (Å²) < 4.78 is 25.6. The third kappa shape index (κ3) is 7.55. The van der Waals surface area contributed by atoms with Gasteiger partial charge in [0, 0.05) is 49.6 Å². The normalized spacial score (nSPS) is 14.6. The van der Waals surface area contributed by atoms with Crippen LogP contribution in [0.15, 0.2) is 73.1 Å². The first-order valence-electron chi connectivity index (χ1n) is 15.9. The van der Waals surface area contributed by atoms with Gasteiger partial charge in [-0.05, 0) is 53.6 Å². The van der Waals surface area contributed by atoms with E-state index in [4.69, 9.17) is 21.1 Å². The van der Waals surface area contributed by atoms with E-state index < -0.39 is 12.0 Å². The van der Waals surface area contributed by atoms with Gasteiger partial charge in [-0.1, -0.05) is 54.9 Å². The molecule has 3 heterocycles. The molecule has 250 valence electrons. The van der Waals surface area contributed by atoms with Gasteiger partial charge in [0.15, 0.2) is 0 Å². The molecule has 5 aromatic rings. The molecule has 1 aliphatic rings. The number of carboxylic acids is 1. The van der Waals surface area contributed by atoms with E-state index in [1.165, 1.54) is 29.8 Å². The maximum Gasteiger partial charge on any atom is 0.326 e. The van der Waals surface area contributed by atoms with Crippen LogP contribution >= 0.6 is 22.9 Å². The number of nitrogens with zero attached hydrogens (tertiary/aromatic N) is 4. The van der Waals surface area contributed by atoms with Crippen LogP contribution in [0.4, 0.5) is 10.2 Å². The number of carboxylic acid groups (broad SMARTS) is 1. The Morgan fingerprint density at radius 2 is 1.75 bits per heavy atom. The number of hydrogen-bond acceptors (Lipinski definition) is 9. The molecule has 0 amide bonds. The maximum absolute atomic E-state index is 14.0. The zero-order chi connectivity index (χ0) is 33.6. The van der Waals surface area contributed by atoms with Gasteiger partial charge in [-0.2, -0.15) is 0 Å². The molecule has 0 aliphatic carbocycles. The van der Waals surface area contributed by atoms with Gasteiger partial charge < -0.3 is 24.8 Å². The average Bonchev–Trinajstić information content (AvgIpc) is 3.50. The summed E-state index contributed by atoms with van der Waals surface area (Å²) in [7, 11) is 1.56. The zero-order valence-electron chi connectivity index (χ0n) is 26.8. The minimum absolute atomic E-state index is 0.154. The summed E-state index contributed by atoms with van der Waals surface area (Å²) in [6.45, 7) is 8.73. The minimum Gasteiger partial charge on any atom is -0.496 e. The van der Waals surface area contributed by atoms with Gasteiger partial charge in [-0.15, -0.1) is 11.3 Å². The Labute approximate surface area is 287 Å². The SMILES string of the molecule is CCN1CCN(CCOc2ccc(-c3c(-c4ccc(F)cc4)sc4ncnc(N[C@H](Cc5ccccc5OC)C(=O)O)c34)cc2Cl)CC1. The highest BCUT2D eigenvalue weighted by molar-refractivity contribution is 7.22. The molecule has 6 rings (SSSR count). The summed E-state index contributed by atoms with van der Waals surface area (Å²) >= 11 is 8.25. The molecule has 3 aromatic carbocycles. The number of halogens is 2. The number of aliphatic carboxylic acids is 1. The van der Waals surface area contributed by atoms with E-state index in [0.29, 0.717) is 39.2 Å². The highest BCUT2D eigenvalue weighted by Crippen LogP contribution is 2.47. The molecule has 1 saturated heterocycles. The monoisotopic (exact) mass is 689 g/mol. The van der Waals surface area contributed by atoms with Gasteiger partial charge in [0.1, 0.15) is 46.9 Å². The molecule has 0 saturated carbocycles. The van der Waals surface area contributed by atoms with E-state index in [1.54, 1.807) is 25.3 Å². The number of nitrogens with one attached hydrogen (secondary N) is 1. The number of para-hydroxylation sites is 1. The van der Waals surface area contributed by atoms with E-state index in [-0.39, 0.29) is 12.2 Å². The molecule has 12 heteroatoms. The van der Waals surface area contributed by atoms with Crippen LogP contribution in [0.3, 0.4) is 0 Å². The van der Waals surface area contributed by atoms with Crippen LogP contribution in [0.5, 0.6) is 11.5 Å². The van der Waals surface area contributed by atoms with Crippen molar-refractivity contribution in [2.24, 2.45) is 0 Å². The van der Waals surface area contributed by atoms with Crippen LogP contribution in [0, 0.1) is 5.82 Å². The lowest BCUT2D eigenvalue weighted by molar-refractivity contribution is -0.137. The lowest BCUT2D eigenvalue weighted by Crippen LogP contribution is -2.47. The molecule has 1 aliphatic heterocycles. The van der Waals surface area contributed by atoms with Crippen LogP contribution in [-0.2, 0) is 11.2 Å². The second-order valence-electron chi connectivity index (χ2n) is 11.5. The van der Waals surface area contributed by atoms with Crippen molar-refractivity contribution in [1.29, 1.82) is 0 Å². The van der Waals surface area contributed by atoms with Gasteiger partial charge >= 0.3 is 5.97 Å². The van der Waals surface area contributed by atoms with E-state index in [0.717, 1.165) is 66.4 Å². The summed E-state index contributed by atoms with van der Waals surface area (Å²) in [5, 5.41) is 14.5. The van der Waals surface area contributed by atoms with Crippen LogP contribution in [0.1, 0.15) is 12.5 Å². The zero-order valence-corrected chi connectivity index (χ0v) is 28.4. The van der Waals surface area contributed by atoms with Gasteiger partial charge in [0.2, 0.25) is 0 Å². The summed E-state index contributed by atoms with van der Waals surface area (Å²) in [4.78, 5) is 27.9. The van der Waals surface area contributed by atoms with Gasteiger partial charge in [0.05, 0.1) is 17.5 Å². The van der Waals surface area contributed by atoms with Gasteiger partial charge in [-0.25, -0.2) is 19.2 Å². The molecular weight excluding hydrogens is 653 g/mol. The molecule has 2 N–H and O–H groups in total. The number of ether oxygens (including phenoxy) is 2. The lowest BCUT2D eigenvalue weighted by Gasteiger charge is -2.33. The molecule has 0 radical (unpaired) electrons. The van der Waals surface area contributed by atoms with E-state index in [2.05, 4.69) is 32.0 Å². The number of carbonyl (C=O) groups is 1. The van der Waals surface area contributed by atoms with Crippen molar-refractivity contribution in [3.8, 4) is 33.1 Å². The number of aromatic nitrogens is 2. The summed E-state index contributed by atoms with van der Waals surface area (Å²) in [6, 6.07) is 18.2. The molecule has 1 fully saturated rings. The minimum atomic E-state index is -1.04. The molecule has 2 aromatic heterocycles. The van der Waals surface area contributed by atoms with Crippen LogP contribution in [-0.4, -0.2) is 89.9 Å². The quantitative estimate of drug-likeness (QED) is 0.136. The largest absolute Gasteiger partial charge is 0.496 e. The van der Waals surface area contributed by atoms with Crippen molar-refractivity contribution in [3.05, 3.63) is 89.5 Å². The van der Waals surface area contributed by atoms with Crippen molar-refractivity contribution in [3.63, 3.8) is 0 Å². The number of piperazine rings is 1. The Bertz CT molecular complexity index is 1880. The highest BCUT2D eigenvalue weighted by Gasteiger charge is 2.26. The molecular formula is C36H37ClFN5O4S. The number of anilines is 1. The third-order valence-electron chi connectivity index (χ3n) is 8.62. The predicted molar refractivity (Wildman–Crippen MR) is 189 cm³/mol. The maximum atomic E-state index is 14.0. The molecule has 1 atom stereocenters. The van der Waals surface area contributed by atoms with E-state index >= 15 is 0 Å². The van der Waals surface area contributed by atoms with E-state index in [9.17, 15) is 14.3 Å². The second-order valence-corrected chi connectivity index (χ2v) is 12.9. The Morgan fingerprint density at radius 3 is 2.46 bits per heavy atom. The predicted octanol–water partition coefficient (Wildman–Crippen LogP) is 6.95. The number of thiophene rings is 1. The molecule has 48 heavy (non-hydrogen) atoms. The van der Waals surface area contributed by atoms with Gasteiger partial charge in [-0.3, -0.25) is 4.90 Å². The molecule has 0 bridgehead atoms. The van der Waals surface area contributed by atoms with E-state index in [1.807, 2.05) is 36.4 Å². The smallest absolute Gasteiger partial charge is 0.326 e. The number of hydrogen-bond donors (Lipinski definition) is 2. The van der Waals surface area contributed by atoms with Crippen molar-refractivity contribution < 1.29 is 23.8 Å². The van der Waals surface area contributed by atoms with Crippen molar-refractivity contribution in [2.75, 3.05) is 58.3 Å². The Morgan fingerprint density at radius 1 is 1.02 bits per heavy atom. The van der Waals surface area contributed by atoms with Crippen molar-refractivity contribution in [2.45, 2.75) is 19.4 Å². The first-order chi connectivity index (χ1) is 23.3. The van der Waals surface area contributed by atoms with Crippen LogP contribution in [0.2, 0.25) is 5.02 Å². The van der Waals surface area contributed by atoms with Gasteiger partial charge in [0.25, 0.3) is 0 Å². The topological polar surface area (TPSA) is 100 Å². The fraction of sp³-hybridized carbons (Fsp3) is 0.306.